The summed E-state index contributed by atoms with van der Waals surface area (Å²) in [7, 11) is 0. The Labute approximate surface area is 132 Å². The third kappa shape index (κ3) is 3.78. The van der Waals surface area contributed by atoms with Crippen molar-refractivity contribution in [2.75, 3.05) is 6.54 Å². The van der Waals surface area contributed by atoms with Crippen molar-refractivity contribution in [1.29, 1.82) is 0 Å². The van der Waals surface area contributed by atoms with E-state index in [1.54, 1.807) is 0 Å². The van der Waals surface area contributed by atoms with E-state index in [0.717, 1.165) is 17.9 Å². The number of hydrogen-bond donors (Lipinski definition) is 2. The lowest BCUT2D eigenvalue weighted by molar-refractivity contribution is -0.125. The molecule has 1 fully saturated rings. The number of rotatable bonds is 5. The maximum absolute atomic E-state index is 12.2. The third-order valence-electron chi connectivity index (χ3n) is 4.82. The first-order valence-electron chi connectivity index (χ1n) is 7.74. The number of amides is 1. The maximum Gasteiger partial charge on any atom is 0.224 e. The smallest absolute Gasteiger partial charge is 0.224 e. The van der Waals surface area contributed by atoms with Crippen molar-refractivity contribution in [2.24, 2.45) is 11.7 Å². The van der Waals surface area contributed by atoms with Gasteiger partial charge < -0.3 is 11.1 Å². The molecule has 3 N–H and O–H groups in total. The Balaban J connectivity index is 2.09. The highest BCUT2D eigenvalue weighted by Crippen LogP contribution is 2.41. The number of nitrogens with one attached hydrogen (secondary N) is 1. The number of hydrogen-bond acceptors (Lipinski definition) is 2. The topological polar surface area (TPSA) is 55.1 Å². The van der Waals surface area contributed by atoms with Crippen molar-refractivity contribution in [3.05, 3.63) is 34.9 Å². The van der Waals surface area contributed by atoms with E-state index < -0.39 is 0 Å². The Kier molecular flexibility index (Phi) is 5.28. The van der Waals surface area contributed by atoms with Crippen LogP contribution in [0.5, 0.6) is 0 Å². The Hall–Kier alpha value is -1.06. The zero-order valence-electron chi connectivity index (χ0n) is 12.9. The normalized spacial score (nSPS) is 20.0. The number of carbonyl (C=O) groups excluding carboxylic acids is 1. The lowest BCUT2D eigenvalue weighted by Gasteiger charge is -2.31. The summed E-state index contributed by atoms with van der Waals surface area (Å²) in [5, 5.41) is 3.86. The first kappa shape index (κ1) is 16.3. The predicted molar refractivity (Wildman–Crippen MR) is 87.4 cm³/mol. The Morgan fingerprint density at radius 2 is 1.86 bits per heavy atom. The van der Waals surface area contributed by atoms with Crippen LogP contribution in [-0.2, 0) is 10.2 Å². The monoisotopic (exact) mass is 308 g/mol. The van der Waals surface area contributed by atoms with Gasteiger partial charge in [-0.2, -0.15) is 0 Å². The van der Waals surface area contributed by atoms with Gasteiger partial charge in [-0.1, -0.05) is 43.5 Å². The van der Waals surface area contributed by atoms with Crippen LogP contribution in [0.25, 0.3) is 0 Å². The lowest BCUT2D eigenvalue weighted by Crippen LogP contribution is -2.44. The zero-order valence-corrected chi connectivity index (χ0v) is 13.6. The van der Waals surface area contributed by atoms with Crippen LogP contribution in [0.2, 0.25) is 5.02 Å². The Morgan fingerprint density at radius 3 is 2.38 bits per heavy atom. The van der Waals surface area contributed by atoms with Crippen molar-refractivity contribution in [2.45, 2.75) is 51.0 Å². The molecule has 116 valence electrons. The van der Waals surface area contributed by atoms with Crippen LogP contribution in [0.4, 0.5) is 0 Å². The van der Waals surface area contributed by atoms with E-state index in [1.165, 1.54) is 18.4 Å². The second-order valence-corrected chi connectivity index (χ2v) is 6.80. The fraction of sp³-hybridized carbons (Fsp3) is 0.588. The molecule has 1 aromatic carbocycles. The summed E-state index contributed by atoms with van der Waals surface area (Å²) in [5.74, 6) is -0.112. The third-order valence-corrected chi connectivity index (χ3v) is 5.07. The summed E-state index contributed by atoms with van der Waals surface area (Å²) in [6, 6.07) is 7.93. The van der Waals surface area contributed by atoms with Crippen LogP contribution in [0, 0.1) is 5.92 Å². The van der Waals surface area contributed by atoms with Crippen molar-refractivity contribution in [1.82, 2.24) is 5.32 Å². The van der Waals surface area contributed by atoms with E-state index in [0.29, 0.717) is 6.54 Å². The van der Waals surface area contributed by atoms with Gasteiger partial charge in [0.15, 0.2) is 0 Å². The van der Waals surface area contributed by atoms with Crippen LogP contribution < -0.4 is 11.1 Å². The fourth-order valence-corrected chi connectivity index (χ4v) is 3.20. The van der Waals surface area contributed by atoms with E-state index >= 15 is 0 Å². The summed E-state index contributed by atoms with van der Waals surface area (Å²) in [6.07, 6.45) is 4.64. The standard InChI is InChI=1S/C17H25ClN2O/c1-12(13(2)19)16(21)20-11-17(9-3-4-10-17)14-5-7-15(18)8-6-14/h5-8,12-13H,3-4,9-11,19H2,1-2H3,(H,20,21). The van der Waals surface area contributed by atoms with E-state index in [9.17, 15) is 4.79 Å². The van der Waals surface area contributed by atoms with Crippen LogP contribution in [-0.4, -0.2) is 18.5 Å². The Bertz CT molecular complexity index is 478. The van der Waals surface area contributed by atoms with Gasteiger partial charge in [-0.05, 0) is 37.5 Å². The minimum atomic E-state index is -0.159. The predicted octanol–water partition coefficient (Wildman–Crippen LogP) is 3.25. The highest BCUT2D eigenvalue weighted by Gasteiger charge is 2.36. The van der Waals surface area contributed by atoms with Crippen LogP contribution >= 0.6 is 11.6 Å². The maximum atomic E-state index is 12.2. The summed E-state index contributed by atoms with van der Waals surface area (Å²) in [4.78, 5) is 12.2. The largest absolute Gasteiger partial charge is 0.355 e. The van der Waals surface area contributed by atoms with Crippen molar-refractivity contribution >= 4 is 17.5 Å². The molecule has 0 spiro atoms. The second-order valence-electron chi connectivity index (χ2n) is 6.36. The molecule has 0 radical (unpaired) electrons. The van der Waals surface area contributed by atoms with Gasteiger partial charge in [-0.3, -0.25) is 4.79 Å². The summed E-state index contributed by atoms with van der Waals surface area (Å²) >= 11 is 5.98. The quantitative estimate of drug-likeness (QED) is 0.877. The SMILES string of the molecule is CC(N)C(C)C(=O)NCC1(c2ccc(Cl)cc2)CCCC1. The van der Waals surface area contributed by atoms with Crippen LogP contribution in [0.15, 0.2) is 24.3 Å². The lowest BCUT2D eigenvalue weighted by atomic mass is 9.78. The van der Waals surface area contributed by atoms with Crippen LogP contribution in [0.1, 0.15) is 45.1 Å². The van der Waals surface area contributed by atoms with Gasteiger partial charge in [0.05, 0.1) is 0 Å². The molecule has 4 heteroatoms. The average Bonchev–Trinajstić information content (AvgIpc) is 2.94. The molecule has 1 amide bonds. The van der Waals surface area contributed by atoms with Gasteiger partial charge in [-0.25, -0.2) is 0 Å². The molecule has 1 saturated carbocycles. The summed E-state index contributed by atoms with van der Waals surface area (Å²) < 4.78 is 0. The van der Waals surface area contributed by atoms with Gasteiger partial charge in [0.25, 0.3) is 0 Å². The molecular weight excluding hydrogens is 284 g/mol. The molecule has 0 saturated heterocycles. The molecule has 0 bridgehead atoms. The molecule has 2 unspecified atom stereocenters. The van der Waals surface area contributed by atoms with E-state index in [4.69, 9.17) is 17.3 Å². The average molecular weight is 309 g/mol. The fourth-order valence-electron chi connectivity index (χ4n) is 3.08. The number of nitrogens with two attached hydrogens (primary N) is 1. The molecule has 1 aliphatic carbocycles. The van der Waals surface area contributed by atoms with Crippen LogP contribution in [0.3, 0.4) is 0 Å². The van der Waals surface area contributed by atoms with E-state index in [2.05, 4.69) is 17.4 Å². The zero-order chi connectivity index (χ0) is 15.5. The van der Waals surface area contributed by atoms with Crippen molar-refractivity contribution < 1.29 is 4.79 Å². The van der Waals surface area contributed by atoms with Gasteiger partial charge in [0, 0.05) is 28.9 Å². The molecule has 2 atom stereocenters. The first-order valence-corrected chi connectivity index (χ1v) is 8.12. The van der Waals surface area contributed by atoms with Crippen molar-refractivity contribution in [3.63, 3.8) is 0 Å². The Morgan fingerprint density at radius 1 is 1.29 bits per heavy atom. The highest BCUT2D eigenvalue weighted by molar-refractivity contribution is 6.30. The molecule has 0 aromatic heterocycles. The molecule has 2 rings (SSSR count). The van der Waals surface area contributed by atoms with Gasteiger partial charge >= 0.3 is 0 Å². The second kappa shape index (κ2) is 6.80. The molecule has 1 aromatic rings. The molecule has 21 heavy (non-hydrogen) atoms. The molecule has 1 aliphatic rings. The van der Waals surface area contributed by atoms with Crippen molar-refractivity contribution in [3.8, 4) is 0 Å². The van der Waals surface area contributed by atoms with Gasteiger partial charge in [0.2, 0.25) is 5.91 Å². The number of benzene rings is 1. The minimum Gasteiger partial charge on any atom is -0.355 e. The van der Waals surface area contributed by atoms with Gasteiger partial charge in [0.1, 0.15) is 0 Å². The summed E-state index contributed by atoms with van der Waals surface area (Å²) in [5.41, 5.74) is 7.14. The molecule has 0 aliphatic heterocycles. The minimum absolute atomic E-state index is 0.0465. The van der Waals surface area contributed by atoms with E-state index in [1.807, 2.05) is 26.0 Å². The molecule has 3 nitrogen and oxygen atoms in total. The summed E-state index contributed by atoms with van der Waals surface area (Å²) in [6.45, 7) is 4.43. The number of halogens is 1. The first-order chi connectivity index (χ1) is 9.94. The molecular formula is C17H25ClN2O. The van der Waals surface area contributed by atoms with Gasteiger partial charge in [-0.15, -0.1) is 0 Å². The van der Waals surface area contributed by atoms with E-state index in [-0.39, 0.29) is 23.3 Å². The highest BCUT2D eigenvalue weighted by atomic mass is 35.5. The molecule has 0 heterocycles. The number of carbonyl (C=O) groups is 1.